The molecule has 0 spiro atoms. The van der Waals surface area contributed by atoms with Crippen molar-refractivity contribution < 1.29 is 23.5 Å². The van der Waals surface area contributed by atoms with Gasteiger partial charge in [0.2, 0.25) is 0 Å². The normalized spacial score (nSPS) is 17.1. The number of carbonyl (C=O) groups is 2. The Hall–Kier alpha value is -3.23. The molecule has 33 heavy (non-hydrogen) atoms. The summed E-state index contributed by atoms with van der Waals surface area (Å²) in [6, 6.07) is 12.8. The van der Waals surface area contributed by atoms with Crippen LogP contribution in [0.25, 0.3) is 5.57 Å². The lowest BCUT2D eigenvalue weighted by Gasteiger charge is -2.27. The highest BCUT2D eigenvalue weighted by atomic mass is 19.1. The Morgan fingerprint density at radius 2 is 1.79 bits per heavy atom. The number of hydrogen-bond donors (Lipinski definition) is 1. The van der Waals surface area contributed by atoms with Crippen LogP contribution in [0, 0.1) is 5.82 Å². The van der Waals surface area contributed by atoms with Gasteiger partial charge in [-0.25, -0.2) is 4.39 Å². The third-order valence-electron chi connectivity index (χ3n) is 5.68. The Bertz CT molecular complexity index is 1030. The number of carbonyl (C=O) groups excluding carboxylic acids is 2. The van der Waals surface area contributed by atoms with E-state index in [9.17, 15) is 14.0 Å². The van der Waals surface area contributed by atoms with Gasteiger partial charge in [-0.05, 0) is 43.2 Å². The number of benzene rings is 2. The average Bonchev–Trinajstić information content (AvgIpc) is 3.05. The van der Waals surface area contributed by atoms with E-state index in [0.29, 0.717) is 49.8 Å². The van der Waals surface area contributed by atoms with Crippen LogP contribution in [0.2, 0.25) is 0 Å². The number of anilines is 1. The van der Waals surface area contributed by atoms with Crippen molar-refractivity contribution in [3.8, 4) is 5.75 Å². The molecule has 2 aliphatic heterocycles. The van der Waals surface area contributed by atoms with Crippen molar-refractivity contribution in [2.24, 2.45) is 0 Å². The number of rotatable bonds is 9. The predicted molar refractivity (Wildman–Crippen MR) is 123 cm³/mol. The Balaban J connectivity index is 1.56. The fourth-order valence-electron chi connectivity index (χ4n) is 4.03. The van der Waals surface area contributed by atoms with Crippen LogP contribution in [0.5, 0.6) is 5.75 Å². The van der Waals surface area contributed by atoms with Crippen LogP contribution in [-0.4, -0.2) is 67.6 Å². The second kappa shape index (κ2) is 10.6. The maximum atomic E-state index is 13.5. The molecule has 0 radical (unpaired) electrons. The Morgan fingerprint density at radius 3 is 2.52 bits per heavy atom. The van der Waals surface area contributed by atoms with Gasteiger partial charge in [-0.2, -0.15) is 0 Å². The minimum absolute atomic E-state index is 0.187. The lowest BCUT2D eigenvalue weighted by Crippen LogP contribution is -2.39. The van der Waals surface area contributed by atoms with E-state index in [1.165, 1.54) is 29.2 Å². The third-order valence-corrected chi connectivity index (χ3v) is 5.68. The second-order valence-corrected chi connectivity index (χ2v) is 7.91. The van der Waals surface area contributed by atoms with Gasteiger partial charge in [-0.1, -0.05) is 18.2 Å². The molecular weight excluding hydrogens is 425 g/mol. The smallest absolute Gasteiger partial charge is 0.278 e. The standard InChI is InChI=1S/C25H28FN3O4/c1-2-33-21-6-3-5-20(17-21)27-23-22(18-7-9-19(26)10-8-18)24(30)29(25(23)31)12-4-11-28-13-15-32-16-14-28/h3,5-10,17,27H,2,4,11-16H2,1H3. The van der Waals surface area contributed by atoms with Gasteiger partial charge in [0, 0.05) is 37.9 Å². The lowest BCUT2D eigenvalue weighted by atomic mass is 10.0. The summed E-state index contributed by atoms with van der Waals surface area (Å²) < 4.78 is 24.4. The summed E-state index contributed by atoms with van der Waals surface area (Å²) in [4.78, 5) is 30.2. The molecule has 4 rings (SSSR count). The van der Waals surface area contributed by atoms with Crippen LogP contribution < -0.4 is 10.1 Å². The molecule has 1 N–H and O–H groups in total. The zero-order valence-corrected chi connectivity index (χ0v) is 18.7. The number of halogens is 1. The fraction of sp³-hybridized carbons (Fsp3) is 0.360. The molecule has 1 saturated heterocycles. The minimum atomic E-state index is -0.405. The SMILES string of the molecule is CCOc1cccc(NC2=C(c3ccc(F)cc3)C(=O)N(CCCN3CCOCC3)C2=O)c1. The molecule has 0 saturated carbocycles. The number of hydrogen-bond acceptors (Lipinski definition) is 6. The van der Waals surface area contributed by atoms with E-state index in [2.05, 4.69) is 10.2 Å². The quantitative estimate of drug-likeness (QED) is 0.589. The van der Waals surface area contributed by atoms with Crippen LogP contribution >= 0.6 is 0 Å². The first-order valence-electron chi connectivity index (χ1n) is 11.2. The molecule has 2 heterocycles. The van der Waals surface area contributed by atoms with Gasteiger partial charge >= 0.3 is 0 Å². The van der Waals surface area contributed by atoms with Gasteiger partial charge in [0.05, 0.1) is 25.4 Å². The largest absolute Gasteiger partial charge is 0.494 e. The van der Waals surface area contributed by atoms with Gasteiger partial charge < -0.3 is 14.8 Å². The van der Waals surface area contributed by atoms with E-state index >= 15 is 0 Å². The van der Waals surface area contributed by atoms with Crippen molar-refractivity contribution in [1.29, 1.82) is 0 Å². The second-order valence-electron chi connectivity index (χ2n) is 7.91. The molecule has 0 aromatic heterocycles. The van der Waals surface area contributed by atoms with Crippen LogP contribution in [0.4, 0.5) is 10.1 Å². The van der Waals surface area contributed by atoms with Gasteiger partial charge in [0.15, 0.2) is 0 Å². The summed E-state index contributed by atoms with van der Waals surface area (Å²) >= 11 is 0. The number of morpholine rings is 1. The van der Waals surface area contributed by atoms with E-state index in [1.807, 2.05) is 19.1 Å². The van der Waals surface area contributed by atoms with Crippen molar-refractivity contribution in [2.45, 2.75) is 13.3 Å². The lowest BCUT2D eigenvalue weighted by molar-refractivity contribution is -0.136. The molecule has 2 aromatic carbocycles. The summed E-state index contributed by atoms with van der Waals surface area (Å²) in [5.74, 6) is -0.511. The van der Waals surface area contributed by atoms with Crippen LogP contribution in [-0.2, 0) is 14.3 Å². The monoisotopic (exact) mass is 453 g/mol. The zero-order valence-electron chi connectivity index (χ0n) is 18.7. The maximum Gasteiger partial charge on any atom is 0.278 e. The summed E-state index contributed by atoms with van der Waals surface area (Å²) in [6.45, 7) is 6.60. The summed E-state index contributed by atoms with van der Waals surface area (Å²) in [6.07, 6.45) is 0.668. The van der Waals surface area contributed by atoms with Crippen LogP contribution in [0.15, 0.2) is 54.2 Å². The van der Waals surface area contributed by atoms with Crippen LogP contribution in [0.1, 0.15) is 18.9 Å². The minimum Gasteiger partial charge on any atom is -0.494 e. The average molecular weight is 454 g/mol. The van der Waals surface area contributed by atoms with Crippen molar-refractivity contribution in [2.75, 3.05) is 51.3 Å². The number of nitrogens with one attached hydrogen (secondary N) is 1. The molecule has 0 aliphatic carbocycles. The van der Waals surface area contributed by atoms with Gasteiger partial charge in [0.1, 0.15) is 17.3 Å². The number of nitrogens with zero attached hydrogens (tertiary/aromatic N) is 2. The van der Waals surface area contributed by atoms with E-state index in [4.69, 9.17) is 9.47 Å². The van der Waals surface area contributed by atoms with E-state index in [-0.39, 0.29) is 23.1 Å². The molecule has 1 fully saturated rings. The van der Waals surface area contributed by atoms with Crippen molar-refractivity contribution in [3.63, 3.8) is 0 Å². The van der Waals surface area contributed by atoms with E-state index < -0.39 is 5.82 Å². The number of ether oxygens (including phenoxy) is 2. The highest BCUT2D eigenvalue weighted by Crippen LogP contribution is 2.31. The van der Waals surface area contributed by atoms with Gasteiger partial charge in [-0.15, -0.1) is 0 Å². The molecule has 2 aliphatic rings. The summed E-state index contributed by atoms with van der Waals surface area (Å²) in [5.41, 5.74) is 1.56. The molecule has 2 aromatic rings. The third kappa shape index (κ3) is 5.40. The topological polar surface area (TPSA) is 71.1 Å². The predicted octanol–water partition coefficient (Wildman–Crippen LogP) is 3.14. The Kier molecular flexibility index (Phi) is 7.36. The molecule has 0 bridgehead atoms. The molecule has 0 atom stereocenters. The highest BCUT2D eigenvalue weighted by Gasteiger charge is 2.39. The van der Waals surface area contributed by atoms with E-state index in [0.717, 1.165) is 19.6 Å². The fourth-order valence-corrected chi connectivity index (χ4v) is 4.03. The summed E-state index contributed by atoms with van der Waals surface area (Å²) in [7, 11) is 0. The molecule has 0 unspecified atom stereocenters. The molecular formula is C25H28FN3O4. The Labute approximate surface area is 192 Å². The first kappa shape index (κ1) is 22.9. The zero-order chi connectivity index (χ0) is 23.2. The van der Waals surface area contributed by atoms with Crippen molar-refractivity contribution in [3.05, 3.63) is 65.6 Å². The summed E-state index contributed by atoms with van der Waals surface area (Å²) in [5, 5.41) is 3.12. The van der Waals surface area contributed by atoms with E-state index in [1.54, 1.807) is 12.1 Å². The Morgan fingerprint density at radius 1 is 1.03 bits per heavy atom. The van der Waals surface area contributed by atoms with Gasteiger partial charge in [-0.3, -0.25) is 19.4 Å². The number of imide groups is 1. The van der Waals surface area contributed by atoms with Crippen molar-refractivity contribution >= 4 is 23.1 Å². The number of amides is 2. The van der Waals surface area contributed by atoms with Crippen molar-refractivity contribution in [1.82, 2.24) is 9.80 Å². The first-order chi connectivity index (χ1) is 16.1. The highest BCUT2D eigenvalue weighted by molar-refractivity contribution is 6.36. The molecule has 174 valence electrons. The molecule has 8 heteroatoms. The maximum absolute atomic E-state index is 13.5. The van der Waals surface area contributed by atoms with Crippen LogP contribution in [0.3, 0.4) is 0 Å². The molecule has 2 amide bonds. The molecule has 7 nitrogen and oxygen atoms in total. The van der Waals surface area contributed by atoms with Gasteiger partial charge in [0.25, 0.3) is 11.8 Å². The first-order valence-corrected chi connectivity index (χ1v) is 11.2.